The fourth-order valence-electron chi connectivity index (χ4n) is 3.97. The molecule has 2 N–H and O–H groups in total. The van der Waals surface area contributed by atoms with E-state index in [0.29, 0.717) is 17.7 Å². The van der Waals surface area contributed by atoms with Gasteiger partial charge in [-0.1, -0.05) is 25.8 Å². The second-order valence-electron chi connectivity index (χ2n) is 7.75. The monoisotopic (exact) mass is 412 g/mol. The van der Waals surface area contributed by atoms with E-state index in [1.807, 2.05) is 13.0 Å². The number of carbonyl (C=O) groups excluding carboxylic acids is 4. The number of hydrogen-bond acceptors (Lipinski definition) is 6. The number of esters is 1. The van der Waals surface area contributed by atoms with Crippen LogP contribution in [0.25, 0.3) is 0 Å². The molecule has 1 saturated carbocycles. The van der Waals surface area contributed by atoms with Crippen molar-refractivity contribution in [1.29, 1.82) is 5.26 Å². The Morgan fingerprint density at radius 1 is 1.40 bits per heavy atom. The molecule has 3 atom stereocenters. The molecule has 9 nitrogen and oxygen atoms in total. The number of urea groups is 1. The zero-order valence-corrected chi connectivity index (χ0v) is 16.9. The van der Waals surface area contributed by atoms with E-state index < -0.39 is 42.0 Å². The summed E-state index contributed by atoms with van der Waals surface area (Å²) in [5.74, 6) is -1.87. The van der Waals surface area contributed by atoms with Crippen molar-refractivity contribution in [3.8, 4) is 6.07 Å². The number of anilines is 1. The lowest BCUT2D eigenvalue weighted by atomic mass is 9.73. The molecule has 1 heterocycles. The highest BCUT2D eigenvalue weighted by molar-refractivity contribution is 6.09. The molecule has 4 amide bonds. The third-order valence-electron chi connectivity index (χ3n) is 5.73. The predicted molar refractivity (Wildman–Crippen MR) is 106 cm³/mol. The van der Waals surface area contributed by atoms with Gasteiger partial charge in [0.1, 0.15) is 12.1 Å². The van der Waals surface area contributed by atoms with Crippen molar-refractivity contribution >= 4 is 29.5 Å². The van der Waals surface area contributed by atoms with Crippen molar-refractivity contribution in [2.75, 3.05) is 11.9 Å². The van der Waals surface area contributed by atoms with Gasteiger partial charge < -0.3 is 15.4 Å². The van der Waals surface area contributed by atoms with Gasteiger partial charge in [-0.15, -0.1) is 0 Å². The Balaban J connectivity index is 1.58. The maximum absolute atomic E-state index is 12.9. The van der Waals surface area contributed by atoms with Gasteiger partial charge in [-0.25, -0.2) is 4.79 Å². The lowest BCUT2D eigenvalue weighted by Gasteiger charge is -2.36. The molecular weight excluding hydrogens is 388 g/mol. The van der Waals surface area contributed by atoms with Crippen LogP contribution in [0.3, 0.4) is 0 Å². The minimum absolute atomic E-state index is 0.0161. The number of imide groups is 1. The molecule has 1 aromatic rings. The van der Waals surface area contributed by atoms with Crippen molar-refractivity contribution in [3.63, 3.8) is 0 Å². The van der Waals surface area contributed by atoms with Gasteiger partial charge >= 0.3 is 12.0 Å². The maximum atomic E-state index is 12.9. The second kappa shape index (κ2) is 8.53. The molecule has 3 rings (SSSR count). The topological polar surface area (TPSA) is 129 Å². The first-order chi connectivity index (χ1) is 14.3. The van der Waals surface area contributed by atoms with Crippen molar-refractivity contribution in [1.82, 2.24) is 10.2 Å². The number of benzene rings is 1. The summed E-state index contributed by atoms with van der Waals surface area (Å²) in [4.78, 5) is 50.7. The van der Waals surface area contributed by atoms with E-state index >= 15 is 0 Å². The van der Waals surface area contributed by atoms with Gasteiger partial charge in [-0.05, 0) is 43.9 Å². The van der Waals surface area contributed by atoms with E-state index in [1.54, 1.807) is 18.2 Å². The lowest BCUT2D eigenvalue weighted by Crippen LogP contribution is -2.54. The first kappa shape index (κ1) is 21.3. The van der Waals surface area contributed by atoms with Crippen LogP contribution in [0.4, 0.5) is 10.5 Å². The second-order valence-corrected chi connectivity index (χ2v) is 7.75. The average molecular weight is 412 g/mol. The molecule has 1 aliphatic carbocycles. The van der Waals surface area contributed by atoms with Gasteiger partial charge in [0.15, 0.2) is 6.10 Å². The highest BCUT2D eigenvalue weighted by Crippen LogP contribution is 2.38. The summed E-state index contributed by atoms with van der Waals surface area (Å²) >= 11 is 0. The highest BCUT2D eigenvalue weighted by Gasteiger charge is 2.55. The molecule has 1 saturated heterocycles. The van der Waals surface area contributed by atoms with E-state index in [0.717, 1.165) is 24.2 Å². The molecule has 30 heavy (non-hydrogen) atoms. The van der Waals surface area contributed by atoms with Crippen LogP contribution in [0.1, 0.15) is 45.1 Å². The molecule has 9 heteroatoms. The van der Waals surface area contributed by atoms with Gasteiger partial charge in [-0.3, -0.25) is 19.3 Å². The highest BCUT2D eigenvalue weighted by atomic mass is 16.5. The van der Waals surface area contributed by atoms with Crippen LogP contribution >= 0.6 is 0 Å². The van der Waals surface area contributed by atoms with Crippen LogP contribution in [-0.2, 0) is 19.1 Å². The Kier molecular flexibility index (Phi) is 6.06. The fourth-order valence-corrected chi connectivity index (χ4v) is 3.97. The molecule has 1 aromatic carbocycles. The average Bonchev–Trinajstić information content (AvgIpc) is 2.95. The first-order valence-electron chi connectivity index (χ1n) is 9.91. The first-order valence-corrected chi connectivity index (χ1v) is 9.91. The van der Waals surface area contributed by atoms with E-state index in [-0.39, 0.29) is 5.92 Å². The standard InChI is InChI=1S/C21H24N4O5/c1-13-6-3-4-9-21(13)19(28)25(20(29)24-21)12-17(26)30-14(2)18(27)23-16-8-5-7-15(10-16)11-22/h5,7-8,10,13-14H,3-4,6,9,12H2,1-2H3,(H,23,27)(H,24,29)/t13-,14-,21-/m0/s1. The van der Waals surface area contributed by atoms with Crippen LogP contribution in [0, 0.1) is 17.2 Å². The summed E-state index contributed by atoms with van der Waals surface area (Å²) in [5.41, 5.74) is -0.184. The molecule has 0 aromatic heterocycles. The quantitative estimate of drug-likeness (QED) is 0.562. The molecule has 2 fully saturated rings. The van der Waals surface area contributed by atoms with Crippen LogP contribution in [0.15, 0.2) is 24.3 Å². The SMILES string of the molecule is C[C@H](OC(=O)CN1C(=O)N[C@]2(CCCC[C@@H]2C)C1=O)C(=O)Nc1cccc(C#N)c1. The van der Waals surface area contributed by atoms with E-state index in [4.69, 9.17) is 10.00 Å². The van der Waals surface area contributed by atoms with Gasteiger partial charge in [-0.2, -0.15) is 5.26 Å². The molecule has 0 unspecified atom stereocenters. The number of carbonyl (C=O) groups is 4. The summed E-state index contributed by atoms with van der Waals surface area (Å²) in [7, 11) is 0. The minimum atomic E-state index is -1.15. The number of nitrogens with one attached hydrogen (secondary N) is 2. The van der Waals surface area contributed by atoms with Crippen LogP contribution < -0.4 is 10.6 Å². The normalized spacial score (nSPS) is 24.2. The largest absolute Gasteiger partial charge is 0.451 e. The minimum Gasteiger partial charge on any atom is -0.451 e. The Bertz CT molecular complexity index is 924. The van der Waals surface area contributed by atoms with Gasteiger partial charge in [0.05, 0.1) is 11.6 Å². The maximum Gasteiger partial charge on any atom is 0.327 e. The zero-order valence-electron chi connectivity index (χ0n) is 16.9. The molecule has 1 aliphatic heterocycles. The van der Waals surface area contributed by atoms with Crippen molar-refractivity contribution in [2.45, 2.75) is 51.2 Å². The molecule has 2 aliphatic rings. The Labute approximate surface area is 174 Å². The van der Waals surface area contributed by atoms with Crippen molar-refractivity contribution in [2.24, 2.45) is 5.92 Å². The van der Waals surface area contributed by atoms with Crippen molar-refractivity contribution < 1.29 is 23.9 Å². The number of nitriles is 1. The third-order valence-corrected chi connectivity index (χ3v) is 5.73. The smallest absolute Gasteiger partial charge is 0.327 e. The van der Waals surface area contributed by atoms with Crippen LogP contribution in [0.2, 0.25) is 0 Å². The summed E-state index contributed by atoms with van der Waals surface area (Å²) in [6.07, 6.45) is 2.06. The van der Waals surface area contributed by atoms with Crippen LogP contribution in [0.5, 0.6) is 0 Å². The third kappa shape index (κ3) is 4.13. The van der Waals surface area contributed by atoms with Crippen LogP contribution in [-0.4, -0.2) is 46.9 Å². The number of rotatable bonds is 5. The summed E-state index contributed by atoms with van der Waals surface area (Å²) in [6.45, 7) is 2.76. The number of hydrogen-bond donors (Lipinski definition) is 2. The summed E-state index contributed by atoms with van der Waals surface area (Å²) in [6, 6.07) is 7.65. The Morgan fingerprint density at radius 2 is 2.17 bits per heavy atom. The number of ether oxygens (including phenoxy) is 1. The molecule has 158 valence electrons. The molecular formula is C21H24N4O5. The Hall–Kier alpha value is -3.41. The summed E-state index contributed by atoms with van der Waals surface area (Å²) < 4.78 is 5.11. The fraction of sp³-hybridized carbons (Fsp3) is 0.476. The van der Waals surface area contributed by atoms with Crippen molar-refractivity contribution in [3.05, 3.63) is 29.8 Å². The Morgan fingerprint density at radius 3 is 2.87 bits per heavy atom. The van der Waals surface area contributed by atoms with E-state index in [1.165, 1.54) is 13.0 Å². The zero-order chi connectivity index (χ0) is 21.9. The number of nitrogens with zero attached hydrogens (tertiary/aromatic N) is 2. The van der Waals surface area contributed by atoms with Gasteiger partial charge in [0, 0.05) is 5.69 Å². The van der Waals surface area contributed by atoms with Gasteiger partial charge in [0.25, 0.3) is 11.8 Å². The summed E-state index contributed by atoms with van der Waals surface area (Å²) in [5, 5.41) is 14.2. The molecule has 0 radical (unpaired) electrons. The molecule has 0 bridgehead atoms. The lowest BCUT2D eigenvalue weighted by molar-refractivity contribution is -0.155. The predicted octanol–water partition coefficient (Wildman–Crippen LogP) is 1.93. The van der Waals surface area contributed by atoms with E-state index in [2.05, 4.69) is 10.6 Å². The number of amides is 4. The van der Waals surface area contributed by atoms with Gasteiger partial charge in [0.2, 0.25) is 0 Å². The molecule has 1 spiro atoms. The van der Waals surface area contributed by atoms with E-state index in [9.17, 15) is 19.2 Å².